The van der Waals surface area contributed by atoms with Crippen LogP contribution >= 0.6 is 15.9 Å². The van der Waals surface area contributed by atoms with E-state index >= 15 is 0 Å². The van der Waals surface area contributed by atoms with Gasteiger partial charge in [-0.2, -0.15) is 0 Å². The fourth-order valence-electron chi connectivity index (χ4n) is 2.46. The monoisotopic (exact) mass is 425 g/mol. The van der Waals surface area contributed by atoms with Crippen LogP contribution in [-0.2, 0) is 0 Å². The summed E-state index contributed by atoms with van der Waals surface area (Å²) in [4.78, 5) is 23.0. The van der Waals surface area contributed by atoms with Crippen molar-refractivity contribution in [3.8, 4) is 0 Å². The van der Waals surface area contributed by atoms with E-state index in [1.165, 1.54) is 0 Å². The highest BCUT2D eigenvalue weighted by Gasteiger charge is 2.07. The summed E-state index contributed by atoms with van der Waals surface area (Å²) < 4.78 is 0.868. The maximum Gasteiger partial charge on any atom is 0.255 e. The van der Waals surface area contributed by atoms with Crippen molar-refractivity contribution in [2.24, 2.45) is 0 Å². The molecule has 3 rings (SSSR count). The Labute approximate surface area is 166 Å². The molecule has 1 heterocycles. The molecule has 0 spiro atoms. The number of nitrogens with zero attached hydrogens (tertiary/aromatic N) is 3. The van der Waals surface area contributed by atoms with Gasteiger partial charge in [0.05, 0.1) is 0 Å². The average molecular weight is 426 g/mol. The number of aromatic nitrogens is 2. The third kappa shape index (κ3) is 5.04. The Morgan fingerprint density at radius 2 is 1.70 bits per heavy atom. The molecule has 0 radical (unpaired) electrons. The van der Waals surface area contributed by atoms with Gasteiger partial charge in [-0.3, -0.25) is 4.79 Å². The van der Waals surface area contributed by atoms with Gasteiger partial charge in [0.25, 0.3) is 5.91 Å². The summed E-state index contributed by atoms with van der Waals surface area (Å²) in [6, 6.07) is 16.6. The van der Waals surface area contributed by atoms with Crippen LogP contribution in [0, 0.1) is 6.92 Å². The zero-order valence-corrected chi connectivity index (χ0v) is 16.9. The van der Waals surface area contributed by atoms with Crippen LogP contribution in [0.4, 0.5) is 23.0 Å². The van der Waals surface area contributed by atoms with Gasteiger partial charge >= 0.3 is 0 Å². The molecule has 2 N–H and O–H groups in total. The fraction of sp³-hybridized carbons (Fsp3) is 0.150. The van der Waals surface area contributed by atoms with E-state index in [1.807, 2.05) is 68.4 Å². The second kappa shape index (κ2) is 8.18. The molecule has 1 aromatic heterocycles. The summed E-state index contributed by atoms with van der Waals surface area (Å²) in [5, 5.41) is 6.15. The molecule has 1 amide bonds. The Bertz CT molecular complexity index is 957. The van der Waals surface area contributed by atoms with Crippen molar-refractivity contribution in [2.45, 2.75) is 6.92 Å². The normalized spacial score (nSPS) is 10.4. The number of hydrogen-bond acceptors (Lipinski definition) is 5. The number of hydrogen-bond donors (Lipinski definition) is 2. The van der Waals surface area contributed by atoms with Crippen LogP contribution in [0.15, 0.2) is 59.1 Å². The Balaban J connectivity index is 1.70. The predicted molar refractivity (Wildman–Crippen MR) is 113 cm³/mol. The van der Waals surface area contributed by atoms with Crippen LogP contribution in [0.2, 0.25) is 0 Å². The lowest BCUT2D eigenvalue weighted by Gasteiger charge is -2.14. The van der Waals surface area contributed by atoms with Gasteiger partial charge in [0.15, 0.2) is 0 Å². The van der Waals surface area contributed by atoms with E-state index in [0.717, 1.165) is 27.5 Å². The SMILES string of the molecule is Cc1nc(Nc2ccc(NC(=O)c3cccc(Br)c3)cc2)cc(N(C)C)n1. The Morgan fingerprint density at radius 3 is 2.37 bits per heavy atom. The maximum atomic E-state index is 12.3. The second-order valence-corrected chi connectivity index (χ2v) is 7.14. The van der Waals surface area contributed by atoms with Crippen molar-refractivity contribution in [2.75, 3.05) is 29.6 Å². The lowest BCUT2D eigenvalue weighted by atomic mass is 10.2. The van der Waals surface area contributed by atoms with Crippen molar-refractivity contribution >= 4 is 44.8 Å². The van der Waals surface area contributed by atoms with Crippen molar-refractivity contribution in [1.82, 2.24) is 9.97 Å². The molecule has 6 nitrogen and oxygen atoms in total. The van der Waals surface area contributed by atoms with E-state index in [4.69, 9.17) is 0 Å². The van der Waals surface area contributed by atoms with Crippen LogP contribution in [0.5, 0.6) is 0 Å². The highest BCUT2D eigenvalue weighted by atomic mass is 79.9. The van der Waals surface area contributed by atoms with Crippen molar-refractivity contribution in [1.29, 1.82) is 0 Å². The number of carbonyl (C=O) groups excluding carboxylic acids is 1. The predicted octanol–water partition coefficient (Wildman–Crippen LogP) is 4.61. The number of nitrogens with one attached hydrogen (secondary N) is 2. The molecule has 27 heavy (non-hydrogen) atoms. The van der Waals surface area contributed by atoms with E-state index in [1.54, 1.807) is 12.1 Å². The molecule has 2 aromatic carbocycles. The summed E-state index contributed by atoms with van der Waals surface area (Å²) in [5.41, 5.74) is 2.19. The van der Waals surface area contributed by atoms with Gasteiger partial charge in [0.1, 0.15) is 17.5 Å². The van der Waals surface area contributed by atoms with Crippen LogP contribution in [0.3, 0.4) is 0 Å². The highest BCUT2D eigenvalue weighted by Crippen LogP contribution is 2.21. The largest absolute Gasteiger partial charge is 0.363 e. The van der Waals surface area contributed by atoms with E-state index < -0.39 is 0 Å². The third-order valence-corrected chi connectivity index (χ3v) is 4.28. The summed E-state index contributed by atoms with van der Waals surface area (Å²) in [6.07, 6.45) is 0. The third-order valence-electron chi connectivity index (χ3n) is 3.78. The van der Waals surface area contributed by atoms with Crippen LogP contribution in [0.1, 0.15) is 16.2 Å². The van der Waals surface area contributed by atoms with Gasteiger partial charge in [0.2, 0.25) is 0 Å². The molecule has 0 saturated carbocycles. The first-order chi connectivity index (χ1) is 12.9. The molecule has 3 aromatic rings. The van der Waals surface area contributed by atoms with Gasteiger partial charge in [-0.15, -0.1) is 0 Å². The lowest BCUT2D eigenvalue weighted by Crippen LogP contribution is -2.12. The van der Waals surface area contributed by atoms with Gasteiger partial charge in [-0.25, -0.2) is 9.97 Å². The van der Waals surface area contributed by atoms with Crippen LogP contribution < -0.4 is 15.5 Å². The highest BCUT2D eigenvalue weighted by molar-refractivity contribution is 9.10. The maximum absolute atomic E-state index is 12.3. The molecule has 0 saturated heterocycles. The minimum absolute atomic E-state index is 0.154. The standard InChI is InChI=1S/C20H20BrN5O/c1-13-22-18(12-19(23-13)26(2)3)24-16-7-9-17(10-8-16)25-20(27)14-5-4-6-15(21)11-14/h4-12H,1-3H3,(H,25,27)(H,22,23,24). The number of rotatable bonds is 5. The number of amides is 1. The van der Waals surface area contributed by atoms with Crippen molar-refractivity contribution < 1.29 is 4.79 Å². The number of carbonyl (C=O) groups is 1. The molecule has 0 atom stereocenters. The molecule has 0 aliphatic rings. The smallest absolute Gasteiger partial charge is 0.255 e. The average Bonchev–Trinajstić information content (AvgIpc) is 2.63. The van der Waals surface area contributed by atoms with E-state index in [9.17, 15) is 4.79 Å². The minimum atomic E-state index is -0.154. The topological polar surface area (TPSA) is 70.2 Å². The molecule has 0 aliphatic carbocycles. The zero-order valence-electron chi connectivity index (χ0n) is 15.3. The molecular formula is C20H20BrN5O. The van der Waals surface area contributed by atoms with E-state index in [-0.39, 0.29) is 5.91 Å². The Hall–Kier alpha value is -2.93. The quantitative estimate of drug-likeness (QED) is 0.624. The van der Waals surface area contributed by atoms with Gasteiger partial charge in [-0.1, -0.05) is 22.0 Å². The van der Waals surface area contributed by atoms with Gasteiger partial charge in [0, 0.05) is 41.6 Å². The molecular weight excluding hydrogens is 406 g/mol. The number of halogens is 1. The van der Waals surface area contributed by atoms with Gasteiger partial charge < -0.3 is 15.5 Å². The number of aryl methyl sites for hydroxylation is 1. The Morgan fingerprint density at radius 1 is 1.00 bits per heavy atom. The summed E-state index contributed by atoms with van der Waals surface area (Å²) in [5.74, 6) is 2.10. The fourth-order valence-corrected chi connectivity index (χ4v) is 2.86. The molecule has 0 aliphatic heterocycles. The summed E-state index contributed by atoms with van der Waals surface area (Å²) >= 11 is 3.37. The van der Waals surface area contributed by atoms with Crippen LogP contribution in [0.25, 0.3) is 0 Å². The Kier molecular flexibility index (Phi) is 5.71. The first-order valence-corrected chi connectivity index (χ1v) is 9.17. The minimum Gasteiger partial charge on any atom is -0.363 e. The summed E-state index contributed by atoms with van der Waals surface area (Å²) in [7, 11) is 3.88. The van der Waals surface area contributed by atoms with Gasteiger partial charge in [-0.05, 0) is 49.4 Å². The first-order valence-electron chi connectivity index (χ1n) is 8.38. The second-order valence-electron chi connectivity index (χ2n) is 6.22. The first kappa shape index (κ1) is 18.8. The van der Waals surface area contributed by atoms with Crippen molar-refractivity contribution in [3.05, 3.63) is 70.5 Å². The van der Waals surface area contributed by atoms with E-state index in [2.05, 4.69) is 36.5 Å². The number of anilines is 4. The molecule has 0 fully saturated rings. The number of benzene rings is 2. The lowest BCUT2D eigenvalue weighted by molar-refractivity contribution is 0.102. The van der Waals surface area contributed by atoms with Crippen molar-refractivity contribution in [3.63, 3.8) is 0 Å². The molecule has 138 valence electrons. The summed E-state index contributed by atoms with van der Waals surface area (Å²) in [6.45, 7) is 1.86. The zero-order chi connectivity index (χ0) is 19.4. The molecule has 0 unspecified atom stereocenters. The molecule has 0 bridgehead atoms. The van der Waals surface area contributed by atoms with E-state index in [0.29, 0.717) is 11.4 Å². The van der Waals surface area contributed by atoms with Crippen LogP contribution in [-0.4, -0.2) is 30.0 Å². The molecule has 7 heteroatoms.